The molecule has 0 radical (unpaired) electrons. The molecule has 2 unspecified atom stereocenters. The molecule has 0 saturated carbocycles. The summed E-state index contributed by atoms with van der Waals surface area (Å²) in [4.78, 5) is 24.7. The zero-order chi connectivity index (χ0) is 67.7. The van der Waals surface area contributed by atoms with Crippen LogP contribution in [0, 0.1) is 0 Å². The van der Waals surface area contributed by atoms with Crippen molar-refractivity contribution in [1.82, 2.24) is 5.32 Å². The fourth-order valence-corrected chi connectivity index (χ4v) is 14.4. The van der Waals surface area contributed by atoms with Gasteiger partial charge < -0.3 is 20.3 Å². The zero-order valence-corrected chi connectivity index (χ0v) is 64.5. The first-order chi connectivity index (χ1) is 46.5. The van der Waals surface area contributed by atoms with Crippen LogP contribution >= 0.6 is 0 Å². The fourth-order valence-electron chi connectivity index (χ4n) is 14.4. The van der Waals surface area contributed by atoms with Crippen LogP contribution < -0.4 is 5.32 Å². The molecule has 0 bridgehead atoms. The number of amides is 1. The summed E-state index contributed by atoms with van der Waals surface area (Å²) in [6, 6.07) is -0.538. The number of hydrogen-bond donors (Lipinski definition) is 3. The number of allylic oxidation sites excluding steroid dienone is 2. The molecule has 0 aliphatic heterocycles. The van der Waals surface area contributed by atoms with E-state index in [2.05, 4.69) is 31.3 Å². The molecule has 94 heavy (non-hydrogen) atoms. The van der Waals surface area contributed by atoms with Gasteiger partial charge in [-0.05, 0) is 51.4 Å². The summed E-state index contributed by atoms with van der Waals surface area (Å²) < 4.78 is 5.52. The van der Waals surface area contributed by atoms with Crippen molar-refractivity contribution < 1.29 is 24.5 Å². The lowest BCUT2D eigenvalue weighted by Crippen LogP contribution is -2.45. The van der Waals surface area contributed by atoms with Gasteiger partial charge in [-0.1, -0.05) is 463 Å². The number of aliphatic hydroxyl groups is 2. The Balaban J connectivity index is 3.31. The van der Waals surface area contributed by atoms with Gasteiger partial charge in [0.15, 0.2) is 0 Å². The Morgan fingerprint density at radius 3 is 0.755 bits per heavy atom. The van der Waals surface area contributed by atoms with Crippen LogP contribution in [0.15, 0.2) is 12.2 Å². The molecule has 0 aliphatic carbocycles. The maximum Gasteiger partial charge on any atom is 0.305 e. The lowest BCUT2D eigenvalue weighted by molar-refractivity contribution is -0.143. The molecule has 1 amide bonds. The molecule has 0 aromatic heterocycles. The standard InChI is InChI=1S/C88H173NO5/c1-3-5-7-9-11-13-15-17-19-21-23-45-48-52-56-60-64-68-72-76-80-86(91)85(84-90)89-87(92)81-77-73-69-65-61-57-53-49-46-43-41-39-37-35-33-31-29-27-25-24-26-28-30-32-34-36-38-40-42-44-47-51-55-59-63-67-71-75-79-83-94-88(93)82-78-74-70-66-62-58-54-50-22-20-18-16-14-12-10-8-6-4-2/h24-25,85-86,90-91H,3-23,26-84H2,1-2H3,(H,89,92)/b25-24-. The van der Waals surface area contributed by atoms with E-state index < -0.39 is 12.1 Å². The van der Waals surface area contributed by atoms with Gasteiger partial charge in [-0.25, -0.2) is 0 Å². The second-order valence-corrected chi connectivity index (χ2v) is 30.6. The molecule has 3 N–H and O–H groups in total. The highest BCUT2D eigenvalue weighted by Crippen LogP contribution is 2.21. The minimum Gasteiger partial charge on any atom is -0.466 e. The summed E-state index contributed by atoms with van der Waals surface area (Å²) in [6.07, 6.45) is 108. The number of carbonyl (C=O) groups excluding carboxylic acids is 2. The third kappa shape index (κ3) is 79.6. The number of carbonyl (C=O) groups is 2. The van der Waals surface area contributed by atoms with E-state index in [4.69, 9.17) is 4.74 Å². The largest absolute Gasteiger partial charge is 0.466 e. The number of rotatable bonds is 84. The molecular weight excluding hydrogens is 1150 g/mol. The van der Waals surface area contributed by atoms with Crippen molar-refractivity contribution in [3.63, 3.8) is 0 Å². The summed E-state index contributed by atoms with van der Waals surface area (Å²) in [7, 11) is 0. The first-order valence-corrected chi connectivity index (χ1v) is 43.9. The first-order valence-electron chi connectivity index (χ1n) is 43.9. The van der Waals surface area contributed by atoms with E-state index in [0.717, 1.165) is 38.5 Å². The molecule has 0 spiro atoms. The van der Waals surface area contributed by atoms with Gasteiger partial charge in [-0.2, -0.15) is 0 Å². The molecule has 2 atom stereocenters. The second kappa shape index (κ2) is 84.0. The van der Waals surface area contributed by atoms with Gasteiger partial charge in [0.25, 0.3) is 0 Å². The Bertz CT molecular complexity index is 1430. The van der Waals surface area contributed by atoms with Crippen LogP contribution in [0.5, 0.6) is 0 Å². The van der Waals surface area contributed by atoms with Crippen molar-refractivity contribution in [3.05, 3.63) is 12.2 Å². The number of aliphatic hydroxyl groups excluding tert-OH is 2. The number of ether oxygens (including phenoxy) is 1. The molecule has 0 aromatic carbocycles. The van der Waals surface area contributed by atoms with E-state index in [-0.39, 0.29) is 18.5 Å². The Morgan fingerprint density at radius 2 is 0.500 bits per heavy atom. The molecule has 6 heteroatoms. The monoisotopic (exact) mass is 1320 g/mol. The SMILES string of the molecule is CCCCCCCCCCCCCCCCCCCCCCC(O)C(CO)NC(=O)CCCCCCCCCCCCCCCCCCC/C=C\CCCCCCCCCCCCCCCCCCCCOC(=O)CCCCCCCCCCCCCCCCCCCC. The minimum atomic E-state index is -0.662. The van der Waals surface area contributed by atoms with Crippen molar-refractivity contribution in [2.75, 3.05) is 13.2 Å². The number of nitrogens with one attached hydrogen (secondary N) is 1. The Labute approximate surface area is 590 Å². The van der Waals surface area contributed by atoms with Crippen LogP contribution in [0.3, 0.4) is 0 Å². The van der Waals surface area contributed by atoms with Gasteiger partial charge in [0, 0.05) is 12.8 Å². The molecule has 0 rings (SSSR count). The van der Waals surface area contributed by atoms with Crippen LogP contribution in [-0.2, 0) is 14.3 Å². The smallest absolute Gasteiger partial charge is 0.305 e. The predicted octanol–water partition coefficient (Wildman–Crippen LogP) is 29.4. The van der Waals surface area contributed by atoms with Crippen LogP contribution in [0.1, 0.15) is 515 Å². The molecule has 0 heterocycles. The number of unbranched alkanes of at least 4 members (excludes halogenated alkanes) is 71. The van der Waals surface area contributed by atoms with Gasteiger partial charge in [0.1, 0.15) is 0 Å². The zero-order valence-electron chi connectivity index (χ0n) is 64.5. The summed E-state index contributed by atoms with van der Waals surface area (Å²) in [5, 5.41) is 23.5. The van der Waals surface area contributed by atoms with Gasteiger partial charge >= 0.3 is 5.97 Å². The van der Waals surface area contributed by atoms with E-state index in [1.54, 1.807) is 0 Å². The third-order valence-electron chi connectivity index (χ3n) is 21.1. The van der Waals surface area contributed by atoms with Crippen LogP contribution in [0.4, 0.5) is 0 Å². The normalized spacial score (nSPS) is 12.4. The molecule has 0 aliphatic rings. The van der Waals surface area contributed by atoms with Crippen LogP contribution in [0.2, 0.25) is 0 Å². The van der Waals surface area contributed by atoms with Crippen molar-refractivity contribution >= 4 is 11.9 Å². The fraction of sp³-hybridized carbons (Fsp3) is 0.955. The third-order valence-corrected chi connectivity index (χ3v) is 21.1. The van der Waals surface area contributed by atoms with E-state index in [0.29, 0.717) is 25.9 Å². The highest BCUT2D eigenvalue weighted by molar-refractivity contribution is 5.76. The molecule has 560 valence electrons. The summed E-state index contributed by atoms with van der Waals surface area (Å²) in [5.41, 5.74) is 0. The highest BCUT2D eigenvalue weighted by atomic mass is 16.5. The van der Waals surface area contributed by atoms with Crippen LogP contribution in [-0.4, -0.2) is 47.4 Å². The second-order valence-electron chi connectivity index (χ2n) is 30.6. The van der Waals surface area contributed by atoms with E-state index in [1.807, 2.05) is 0 Å². The Hall–Kier alpha value is -1.40. The van der Waals surface area contributed by atoms with Gasteiger partial charge in [0.2, 0.25) is 5.91 Å². The summed E-state index contributed by atoms with van der Waals surface area (Å²) >= 11 is 0. The minimum absolute atomic E-state index is 0.0247. The molecule has 0 fully saturated rings. The summed E-state index contributed by atoms with van der Waals surface area (Å²) in [5.74, 6) is 0.00366. The van der Waals surface area contributed by atoms with Gasteiger partial charge in [0.05, 0.1) is 25.4 Å². The lowest BCUT2D eigenvalue weighted by atomic mass is 10.0. The van der Waals surface area contributed by atoms with Crippen molar-refractivity contribution in [2.24, 2.45) is 0 Å². The average Bonchev–Trinajstić information content (AvgIpc) is 3.50. The van der Waals surface area contributed by atoms with E-state index in [1.165, 1.54) is 443 Å². The highest BCUT2D eigenvalue weighted by Gasteiger charge is 2.20. The quantitative estimate of drug-likeness (QED) is 0.0320. The summed E-state index contributed by atoms with van der Waals surface area (Å²) in [6.45, 7) is 5.03. The van der Waals surface area contributed by atoms with Gasteiger partial charge in [-0.15, -0.1) is 0 Å². The molecular formula is C88H173NO5. The average molecular weight is 1330 g/mol. The first kappa shape index (κ1) is 92.6. The number of esters is 1. The van der Waals surface area contributed by atoms with Gasteiger partial charge in [-0.3, -0.25) is 9.59 Å². The number of hydrogen-bond acceptors (Lipinski definition) is 5. The van der Waals surface area contributed by atoms with Crippen molar-refractivity contribution in [2.45, 2.75) is 527 Å². The predicted molar refractivity (Wildman–Crippen MR) is 417 cm³/mol. The maximum absolute atomic E-state index is 12.6. The molecule has 0 saturated heterocycles. The van der Waals surface area contributed by atoms with Crippen LogP contribution in [0.25, 0.3) is 0 Å². The van der Waals surface area contributed by atoms with Crippen molar-refractivity contribution in [3.8, 4) is 0 Å². The Kier molecular flexibility index (Phi) is 82.8. The molecule has 6 nitrogen and oxygen atoms in total. The topological polar surface area (TPSA) is 95.9 Å². The Morgan fingerprint density at radius 1 is 0.287 bits per heavy atom. The lowest BCUT2D eigenvalue weighted by Gasteiger charge is -2.22. The maximum atomic E-state index is 12.6. The van der Waals surface area contributed by atoms with Crippen molar-refractivity contribution in [1.29, 1.82) is 0 Å². The molecule has 0 aromatic rings. The van der Waals surface area contributed by atoms with E-state index in [9.17, 15) is 19.8 Å². The van der Waals surface area contributed by atoms with E-state index >= 15 is 0 Å².